The molecule has 120 valence electrons. The molecule has 5 nitrogen and oxygen atoms in total. The molecule has 0 spiro atoms. The van der Waals surface area contributed by atoms with Crippen molar-refractivity contribution in [1.82, 2.24) is 5.06 Å². The summed E-state index contributed by atoms with van der Waals surface area (Å²) in [5, 5.41) is 1.02. The van der Waals surface area contributed by atoms with Crippen molar-refractivity contribution < 1.29 is 42.9 Å². The first kappa shape index (κ1) is 17.1. The molecule has 0 N–H and O–H groups in total. The minimum atomic E-state index is -0.174. The number of hydrogen-bond donors (Lipinski definition) is 0. The van der Waals surface area contributed by atoms with Crippen LogP contribution in [0.15, 0.2) is 0 Å². The van der Waals surface area contributed by atoms with Crippen molar-refractivity contribution in [3.8, 4) is 0 Å². The predicted molar refractivity (Wildman–Crippen MR) is 73.3 cm³/mol. The minimum absolute atomic E-state index is 0. The highest BCUT2D eigenvalue weighted by Gasteiger charge is 2.44. The first-order valence-electron chi connectivity index (χ1n) is 7.93. The molecule has 3 fully saturated rings. The molecule has 0 aromatic carbocycles. The zero-order chi connectivity index (χ0) is 14.2. The van der Waals surface area contributed by atoms with Crippen molar-refractivity contribution in [1.29, 1.82) is 0 Å². The summed E-state index contributed by atoms with van der Waals surface area (Å²) in [5.41, 5.74) is 0. The van der Waals surface area contributed by atoms with Crippen LogP contribution in [-0.2, 0) is 14.4 Å². The van der Waals surface area contributed by atoms with Crippen LogP contribution in [0.2, 0.25) is 0 Å². The van der Waals surface area contributed by atoms with E-state index >= 15 is 0 Å². The Hall–Kier alpha value is -0.210. The number of imide groups is 1. The number of hydrogen-bond acceptors (Lipinski definition) is 3. The largest absolute Gasteiger partial charge is 1.00 e. The van der Waals surface area contributed by atoms with Crippen LogP contribution >= 0.6 is 0 Å². The molecule has 3 aliphatic heterocycles. The van der Waals surface area contributed by atoms with Crippen molar-refractivity contribution in [2.75, 3.05) is 26.7 Å². The normalized spacial score (nSPS) is 36.3. The Morgan fingerprint density at radius 1 is 1.10 bits per heavy atom. The molecule has 0 aromatic heterocycles. The summed E-state index contributed by atoms with van der Waals surface area (Å²) in [6, 6.07) is 0.644. The van der Waals surface area contributed by atoms with Crippen molar-refractivity contribution in [2.24, 2.45) is 5.92 Å². The number of quaternary nitrogens is 1. The van der Waals surface area contributed by atoms with Crippen LogP contribution in [0.3, 0.4) is 0 Å². The number of nitrogens with zero attached hydrogens (tertiary/aromatic N) is 2. The first-order valence-corrected chi connectivity index (χ1v) is 7.93. The number of hydroxylamine groups is 2. The highest BCUT2D eigenvalue weighted by atomic mass is 127. The molecule has 3 saturated heterocycles. The maximum Gasteiger partial charge on any atom is 0.253 e. The summed E-state index contributed by atoms with van der Waals surface area (Å²) in [4.78, 5) is 28.7. The van der Waals surface area contributed by atoms with Crippen LogP contribution in [-0.4, -0.2) is 54.1 Å². The highest BCUT2D eigenvalue weighted by molar-refractivity contribution is 6.00. The van der Waals surface area contributed by atoms with E-state index in [-0.39, 0.29) is 35.8 Å². The molecule has 0 aromatic rings. The molecular formula is C15H25IN2O3. The summed E-state index contributed by atoms with van der Waals surface area (Å²) in [6.45, 7) is 3.06. The Labute approximate surface area is 143 Å². The fraction of sp³-hybridized carbons (Fsp3) is 0.867. The van der Waals surface area contributed by atoms with Crippen LogP contribution in [0, 0.1) is 5.92 Å². The number of fused-ring (bicyclic) bond motifs is 1. The van der Waals surface area contributed by atoms with Gasteiger partial charge in [-0.05, 0) is 25.7 Å². The molecule has 3 rings (SSSR count). The van der Waals surface area contributed by atoms with Gasteiger partial charge in [0.15, 0.2) is 0 Å². The number of halogens is 1. The molecule has 0 saturated carbocycles. The molecule has 0 radical (unpaired) electrons. The van der Waals surface area contributed by atoms with E-state index in [0.717, 1.165) is 16.0 Å². The number of piperidine rings is 2. The molecule has 3 heterocycles. The van der Waals surface area contributed by atoms with Crippen LogP contribution in [0.25, 0.3) is 0 Å². The third-order valence-electron chi connectivity index (χ3n) is 5.43. The van der Waals surface area contributed by atoms with Gasteiger partial charge in [0.1, 0.15) is 0 Å². The summed E-state index contributed by atoms with van der Waals surface area (Å²) in [7, 11) is 2.36. The number of rotatable bonds is 3. The molecular weight excluding hydrogens is 383 g/mol. The van der Waals surface area contributed by atoms with Gasteiger partial charge in [-0.3, -0.25) is 14.4 Å². The summed E-state index contributed by atoms with van der Waals surface area (Å²) < 4.78 is 1.16. The Kier molecular flexibility index (Phi) is 5.65. The van der Waals surface area contributed by atoms with Crippen molar-refractivity contribution >= 4 is 11.8 Å². The standard InChI is InChI=1S/C15H25N2O3.HI/c1-17-9-3-2-6-13(17)12(5-4-10-17)11-20-16-14(18)7-8-15(16)19;/h12-13H,2-11H2,1H3;1H/q+1;/p-1. The molecule has 3 unspecified atom stereocenters. The molecule has 0 aliphatic carbocycles. The monoisotopic (exact) mass is 408 g/mol. The van der Waals surface area contributed by atoms with Gasteiger partial charge >= 0.3 is 0 Å². The van der Waals surface area contributed by atoms with Gasteiger partial charge in [-0.1, -0.05) is 0 Å². The van der Waals surface area contributed by atoms with E-state index in [0.29, 0.717) is 31.4 Å². The lowest BCUT2D eigenvalue weighted by Crippen LogP contribution is -3.00. The predicted octanol–water partition coefficient (Wildman–Crippen LogP) is -1.52. The third-order valence-corrected chi connectivity index (χ3v) is 5.43. The zero-order valence-electron chi connectivity index (χ0n) is 12.7. The van der Waals surface area contributed by atoms with E-state index in [1.54, 1.807) is 0 Å². The van der Waals surface area contributed by atoms with Gasteiger partial charge in [0.25, 0.3) is 11.8 Å². The number of carbonyl (C=O) groups is 2. The Balaban J connectivity index is 0.00000161. The maximum absolute atomic E-state index is 11.6. The molecule has 0 bridgehead atoms. The SMILES string of the molecule is C[N+]12CCCCC1C(CON1C(=O)CCC1=O)CCC2.[I-]. The van der Waals surface area contributed by atoms with Gasteiger partial charge in [0.05, 0.1) is 32.8 Å². The van der Waals surface area contributed by atoms with Crippen LogP contribution in [0.5, 0.6) is 0 Å². The van der Waals surface area contributed by atoms with Gasteiger partial charge in [-0.15, -0.1) is 0 Å². The van der Waals surface area contributed by atoms with Gasteiger partial charge in [0.2, 0.25) is 0 Å². The Morgan fingerprint density at radius 3 is 2.48 bits per heavy atom. The van der Waals surface area contributed by atoms with Crippen molar-refractivity contribution in [3.63, 3.8) is 0 Å². The Bertz CT molecular complexity index is 398. The quantitative estimate of drug-likeness (QED) is 0.324. The molecule has 6 heteroatoms. The topological polar surface area (TPSA) is 46.6 Å². The minimum Gasteiger partial charge on any atom is -1.00 e. The average molecular weight is 408 g/mol. The molecule has 3 atom stereocenters. The van der Waals surface area contributed by atoms with Gasteiger partial charge in [-0.2, -0.15) is 5.06 Å². The lowest BCUT2D eigenvalue weighted by molar-refractivity contribution is -0.947. The average Bonchev–Trinajstić information content (AvgIpc) is 2.75. The zero-order valence-corrected chi connectivity index (χ0v) is 14.9. The first-order chi connectivity index (χ1) is 9.60. The fourth-order valence-electron chi connectivity index (χ4n) is 4.30. The Morgan fingerprint density at radius 2 is 1.76 bits per heavy atom. The van der Waals surface area contributed by atoms with Gasteiger partial charge in [0, 0.05) is 25.2 Å². The smallest absolute Gasteiger partial charge is 0.253 e. The van der Waals surface area contributed by atoms with Crippen LogP contribution < -0.4 is 24.0 Å². The van der Waals surface area contributed by atoms with Crippen molar-refractivity contribution in [2.45, 2.75) is 51.0 Å². The third kappa shape index (κ3) is 3.42. The summed E-state index contributed by atoms with van der Waals surface area (Å²) in [6.07, 6.45) is 6.88. The number of amides is 2. The van der Waals surface area contributed by atoms with E-state index < -0.39 is 0 Å². The molecule has 2 amide bonds. The highest BCUT2D eigenvalue weighted by Crippen LogP contribution is 2.36. The van der Waals surface area contributed by atoms with Gasteiger partial charge in [-0.25, -0.2) is 0 Å². The number of carbonyl (C=O) groups excluding carboxylic acids is 2. The summed E-state index contributed by atoms with van der Waals surface area (Å²) >= 11 is 0. The van der Waals surface area contributed by atoms with E-state index in [1.807, 2.05) is 0 Å². The second-order valence-corrected chi connectivity index (χ2v) is 6.77. The van der Waals surface area contributed by atoms with Gasteiger partial charge < -0.3 is 28.5 Å². The summed E-state index contributed by atoms with van der Waals surface area (Å²) in [5.74, 6) is 0.133. The van der Waals surface area contributed by atoms with Crippen molar-refractivity contribution in [3.05, 3.63) is 0 Å². The van der Waals surface area contributed by atoms with E-state index in [9.17, 15) is 9.59 Å². The van der Waals surface area contributed by atoms with Crippen LogP contribution in [0.1, 0.15) is 44.9 Å². The lowest BCUT2D eigenvalue weighted by Gasteiger charge is -2.51. The van der Waals surface area contributed by atoms with E-state index in [4.69, 9.17) is 4.84 Å². The second-order valence-electron chi connectivity index (χ2n) is 6.77. The van der Waals surface area contributed by atoms with Crippen LogP contribution in [0.4, 0.5) is 0 Å². The maximum atomic E-state index is 11.6. The fourth-order valence-corrected chi connectivity index (χ4v) is 4.30. The second kappa shape index (κ2) is 6.91. The van der Waals surface area contributed by atoms with E-state index in [1.165, 1.54) is 38.8 Å². The lowest BCUT2D eigenvalue weighted by atomic mass is 9.82. The molecule has 21 heavy (non-hydrogen) atoms. The molecule has 3 aliphatic rings. The van der Waals surface area contributed by atoms with E-state index in [2.05, 4.69) is 7.05 Å².